The van der Waals surface area contributed by atoms with Crippen molar-refractivity contribution in [2.45, 2.75) is 20.4 Å². The van der Waals surface area contributed by atoms with Crippen LogP contribution in [0.1, 0.15) is 18.1 Å². The fourth-order valence-corrected chi connectivity index (χ4v) is 2.17. The number of rotatable bonds is 4. The Morgan fingerprint density at radius 3 is 2.45 bits per heavy atom. The van der Waals surface area contributed by atoms with Gasteiger partial charge in [-0.2, -0.15) is 0 Å². The molecule has 4 heteroatoms. The number of nitrogens with one attached hydrogen (secondary N) is 2. The molecule has 0 aromatic heterocycles. The van der Waals surface area contributed by atoms with Gasteiger partial charge in [0.15, 0.2) is 0 Å². The first-order chi connectivity index (χ1) is 9.54. The highest BCUT2D eigenvalue weighted by Crippen LogP contribution is 2.23. The number of benzene rings is 2. The lowest BCUT2D eigenvalue weighted by Gasteiger charge is -2.10. The third-order valence-corrected chi connectivity index (χ3v) is 3.19. The van der Waals surface area contributed by atoms with Gasteiger partial charge in [-0.15, -0.1) is 0 Å². The number of carbonyl (C=O) groups is 1. The second-order valence-corrected chi connectivity index (χ2v) is 5.12. The van der Waals surface area contributed by atoms with Crippen LogP contribution in [0.5, 0.6) is 0 Å². The van der Waals surface area contributed by atoms with Gasteiger partial charge in [0.1, 0.15) is 0 Å². The predicted molar refractivity (Wildman–Crippen MR) is 84.3 cm³/mol. The molecular formula is C16H17ClN2O. The van der Waals surface area contributed by atoms with Crippen LogP contribution in [-0.4, -0.2) is 5.91 Å². The highest BCUT2D eigenvalue weighted by atomic mass is 35.5. The van der Waals surface area contributed by atoms with Crippen LogP contribution in [0.2, 0.25) is 5.02 Å². The molecule has 0 aliphatic carbocycles. The van der Waals surface area contributed by atoms with Crippen molar-refractivity contribution in [2.75, 3.05) is 10.6 Å². The molecule has 2 rings (SSSR count). The van der Waals surface area contributed by atoms with Crippen LogP contribution in [0, 0.1) is 6.92 Å². The summed E-state index contributed by atoms with van der Waals surface area (Å²) in [6, 6.07) is 13.6. The molecule has 0 atom stereocenters. The molecule has 3 nitrogen and oxygen atoms in total. The largest absolute Gasteiger partial charge is 0.380 e. The zero-order valence-corrected chi connectivity index (χ0v) is 12.3. The molecule has 0 unspecified atom stereocenters. The van der Waals surface area contributed by atoms with Crippen LogP contribution in [0.4, 0.5) is 11.4 Å². The zero-order valence-electron chi connectivity index (χ0n) is 11.5. The summed E-state index contributed by atoms with van der Waals surface area (Å²) in [5.41, 5.74) is 3.98. The van der Waals surface area contributed by atoms with Crippen molar-refractivity contribution in [3.63, 3.8) is 0 Å². The third-order valence-electron chi connectivity index (χ3n) is 2.88. The second kappa shape index (κ2) is 6.44. The molecule has 0 aliphatic heterocycles. The Bertz CT molecular complexity index is 608. The molecule has 1 amide bonds. The molecule has 0 saturated carbocycles. The van der Waals surface area contributed by atoms with E-state index in [1.165, 1.54) is 6.92 Å². The predicted octanol–water partition coefficient (Wildman–Crippen LogP) is 4.22. The fourth-order valence-electron chi connectivity index (χ4n) is 1.87. The van der Waals surface area contributed by atoms with Crippen LogP contribution in [-0.2, 0) is 11.3 Å². The SMILES string of the molecule is CC(=O)Nc1ccc(CNc2ccc(C)cc2Cl)cc1. The summed E-state index contributed by atoms with van der Waals surface area (Å²) in [7, 11) is 0. The first kappa shape index (κ1) is 14.4. The Morgan fingerprint density at radius 1 is 1.15 bits per heavy atom. The van der Waals surface area contributed by atoms with Gasteiger partial charge in [-0.25, -0.2) is 0 Å². The molecule has 2 aromatic carbocycles. The van der Waals surface area contributed by atoms with Gasteiger partial charge in [-0.1, -0.05) is 29.8 Å². The number of halogens is 1. The molecule has 0 spiro atoms. The van der Waals surface area contributed by atoms with Crippen LogP contribution in [0.15, 0.2) is 42.5 Å². The average molecular weight is 289 g/mol. The summed E-state index contributed by atoms with van der Waals surface area (Å²) in [6.07, 6.45) is 0. The number of hydrogen-bond acceptors (Lipinski definition) is 2. The zero-order chi connectivity index (χ0) is 14.5. The van der Waals surface area contributed by atoms with Crippen LogP contribution >= 0.6 is 11.6 Å². The second-order valence-electron chi connectivity index (χ2n) is 4.71. The summed E-state index contributed by atoms with van der Waals surface area (Å²) >= 11 is 6.17. The number of anilines is 2. The molecule has 0 heterocycles. The summed E-state index contributed by atoms with van der Waals surface area (Å²) in [4.78, 5) is 10.9. The minimum atomic E-state index is -0.0673. The Kier molecular flexibility index (Phi) is 4.64. The van der Waals surface area contributed by atoms with E-state index in [4.69, 9.17) is 11.6 Å². The highest BCUT2D eigenvalue weighted by Gasteiger charge is 2.01. The number of amides is 1. The van der Waals surface area contributed by atoms with E-state index >= 15 is 0 Å². The molecule has 2 aromatic rings. The summed E-state index contributed by atoms with van der Waals surface area (Å²) in [5.74, 6) is -0.0673. The minimum Gasteiger partial charge on any atom is -0.380 e. The van der Waals surface area contributed by atoms with Crippen molar-refractivity contribution in [1.29, 1.82) is 0 Å². The Hall–Kier alpha value is -2.00. The van der Waals surface area contributed by atoms with Gasteiger partial charge in [0.05, 0.1) is 10.7 Å². The van der Waals surface area contributed by atoms with Gasteiger partial charge < -0.3 is 10.6 Å². The molecular weight excluding hydrogens is 272 g/mol. The van der Waals surface area contributed by atoms with Crippen molar-refractivity contribution >= 4 is 28.9 Å². The van der Waals surface area contributed by atoms with E-state index in [-0.39, 0.29) is 5.91 Å². The first-order valence-electron chi connectivity index (χ1n) is 6.41. The van der Waals surface area contributed by atoms with E-state index in [2.05, 4.69) is 10.6 Å². The Balaban J connectivity index is 1.98. The lowest BCUT2D eigenvalue weighted by atomic mass is 10.2. The van der Waals surface area contributed by atoms with E-state index in [1.54, 1.807) is 0 Å². The number of carbonyl (C=O) groups excluding carboxylic acids is 1. The van der Waals surface area contributed by atoms with E-state index < -0.39 is 0 Å². The summed E-state index contributed by atoms with van der Waals surface area (Å²) < 4.78 is 0. The molecule has 2 N–H and O–H groups in total. The topological polar surface area (TPSA) is 41.1 Å². The van der Waals surface area contributed by atoms with Gasteiger partial charge >= 0.3 is 0 Å². The molecule has 104 valence electrons. The summed E-state index contributed by atoms with van der Waals surface area (Å²) in [6.45, 7) is 4.19. The first-order valence-corrected chi connectivity index (χ1v) is 6.79. The quantitative estimate of drug-likeness (QED) is 0.884. The van der Waals surface area contributed by atoms with Crippen LogP contribution in [0.3, 0.4) is 0 Å². The van der Waals surface area contributed by atoms with Gasteiger partial charge in [-0.05, 0) is 42.3 Å². The van der Waals surface area contributed by atoms with Crippen molar-refractivity contribution < 1.29 is 4.79 Å². The van der Waals surface area contributed by atoms with Crippen molar-refractivity contribution in [3.8, 4) is 0 Å². The molecule has 0 bridgehead atoms. The van der Waals surface area contributed by atoms with E-state index in [1.807, 2.05) is 49.4 Å². The van der Waals surface area contributed by atoms with Crippen LogP contribution < -0.4 is 10.6 Å². The fraction of sp³-hybridized carbons (Fsp3) is 0.188. The smallest absolute Gasteiger partial charge is 0.221 e. The maximum absolute atomic E-state index is 10.9. The Labute approximate surface area is 124 Å². The molecule has 0 fully saturated rings. The molecule has 0 saturated heterocycles. The van der Waals surface area contributed by atoms with Crippen molar-refractivity contribution in [1.82, 2.24) is 0 Å². The summed E-state index contributed by atoms with van der Waals surface area (Å²) in [5, 5.41) is 6.76. The highest BCUT2D eigenvalue weighted by molar-refractivity contribution is 6.33. The van der Waals surface area contributed by atoms with Gasteiger partial charge in [0.25, 0.3) is 0 Å². The van der Waals surface area contributed by atoms with Gasteiger partial charge in [0, 0.05) is 19.2 Å². The molecule has 0 aliphatic rings. The number of aryl methyl sites for hydroxylation is 1. The third kappa shape index (κ3) is 4.00. The molecule has 20 heavy (non-hydrogen) atoms. The average Bonchev–Trinajstić information content (AvgIpc) is 2.39. The lowest BCUT2D eigenvalue weighted by Crippen LogP contribution is -2.06. The van der Waals surface area contributed by atoms with Crippen LogP contribution in [0.25, 0.3) is 0 Å². The van der Waals surface area contributed by atoms with E-state index in [0.29, 0.717) is 6.54 Å². The lowest BCUT2D eigenvalue weighted by molar-refractivity contribution is -0.114. The monoisotopic (exact) mass is 288 g/mol. The van der Waals surface area contributed by atoms with E-state index in [0.717, 1.165) is 27.5 Å². The van der Waals surface area contributed by atoms with Crippen molar-refractivity contribution in [2.24, 2.45) is 0 Å². The number of hydrogen-bond donors (Lipinski definition) is 2. The van der Waals surface area contributed by atoms with Gasteiger partial charge in [-0.3, -0.25) is 4.79 Å². The Morgan fingerprint density at radius 2 is 1.85 bits per heavy atom. The van der Waals surface area contributed by atoms with Crippen molar-refractivity contribution in [3.05, 3.63) is 58.6 Å². The maximum Gasteiger partial charge on any atom is 0.221 e. The van der Waals surface area contributed by atoms with E-state index in [9.17, 15) is 4.79 Å². The normalized spacial score (nSPS) is 10.2. The maximum atomic E-state index is 10.9. The molecule has 0 radical (unpaired) electrons. The minimum absolute atomic E-state index is 0.0673. The standard InChI is InChI=1S/C16H17ClN2O/c1-11-3-8-16(15(17)9-11)18-10-13-4-6-14(7-5-13)19-12(2)20/h3-9,18H,10H2,1-2H3,(H,19,20). The van der Waals surface area contributed by atoms with Gasteiger partial charge in [0.2, 0.25) is 5.91 Å².